The third-order valence-corrected chi connectivity index (χ3v) is 3.84. The lowest BCUT2D eigenvalue weighted by Gasteiger charge is -2.06. The summed E-state index contributed by atoms with van der Waals surface area (Å²) >= 11 is 2.13. The second-order valence-corrected chi connectivity index (χ2v) is 5.57. The molecule has 0 spiro atoms. The number of hydrogen-bond donors (Lipinski definition) is 2. The summed E-state index contributed by atoms with van der Waals surface area (Å²) in [5.41, 5.74) is 3.34. The van der Waals surface area contributed by atoms with Crippen LogP contribution in [0.5, 0.6) is 11.5 Å². The summed E-state index contributed by atoms with van der Waals surface area (Å²) < 4.78 is 0.881. The number of aryl methyl sites for hydroxylation is 3. The number of benzene rings is 2. The van der Waals surface area contributed by atoms with Crippen LogP contribution in [0.1, 0.15) is 16.7 Å². The Bertz CT molecular complexity index is 513. The van der Waals surface area contributed by atoms with Crippen molar-refractivity contribution in [2.75, 3.05) is 0 Å². The summed E-state index contributed by atoms with van der Waals surface area (Å²) in [6, 6.07) is 11.4. The summed E-state index contributed by atoms with van der Waals surface area (Å²) in [4.78, 5) is 0. The first-order chi connectivity index (χ1) is 8.56. The van der Waals surface area contributed by atoms with Crippen molar-refractivity contribution >= 4 is 22.6 Å². The van der Waals surface area contributed by atoms with E-state index < -0.39 is 0 Å². The molecule has 0 unspecified atom stereocenters. The van der Waals surface area contributed by atoms with Crippen LogP contribution in [0.3, 0.4) is 0 Å². The molecule has 3 heteroatoms. The van der Waals surface area contributed by atoms with Gasteiger partial charge in [0.15, 0.2) is 0 Å². The van der Waals surface area contributed by atoms with E-state index in [4.69, 9.17) is 0 Å². The Morgan fingerprint density at radius 1 is 0.889 bits per heavy atom. The van der Waals surface area contributed by atoms with Gasteiger partial charge >= 0.3 is 0 Å². The molecule has 0 aliphatic heterocycles. The van der Waals surface area contributed by atoms with E-state index in [0.29, 0.717) is 11.5 Å². The van der Waals surface area contributed by atoms with Crippen LogP contribution in [0.4, 0.5) is 0 Å². The van der Waals surface area contributed by atoms with E-state index in [1.807, 2.05) is 31.2 Å². The van der Waals surface area contributed by atoms with Crippen LogP contribution >= 0.6 is 22.6 Å². The molecule has 2 nitrogen and oxygen atoms in total. The lowest BCUT2D eigenvalue weighted by atomic mass is 10.0. The fourth-order valence-electron chi connectivity index (χ4n) is 1.87. The number of rotatable bonds is 3. The highest BCUT2D eigenvalue weighted by molar-refractivity contribution is 14.1. The van der Waals surface area contributed by atoms with Gasteiger partial charge in [-0.15, -0.1) is 0 Å². The highest BCUT2D eigenvalue weighted by Crippen LogP contribution is 2.22. The molecule has 0 atom stereocenters. The first-order valence-corrected chi connectivity index (χ1v) is 6.90. The second kappa shape index (κ2) is 5.61. The van der Waals surface area contributed by atoms with E-state index in [0.717, 1.165) is 22.0 Å². The van der Waals surface area contributed by atoms with E-state index in [-0.39, 0.29) is 0 Å². The van der Waals surface area contributed by atoms with Crippen LogP contribution in [0, 0.1) is 10.5 Å². The van der Waals surface area contributed by atoms with Gasteiger partial charge in [-0.3, -0.25) is 0 Å². The number of halogens is 1. The van der Waals surface area contributed by atoms with Crippen molar-refractivity contribution < 1.29 is 10.2 Å². The van der Waals surface area contributed by atoms with Crippen LogP contribution < -0.4 is 0 Å². The molecule has 18 heavy (non-hydrogen) atoms. The standard InChI is InChI=1S/C15H15IO2/c1-10-8-11(4-6-14(10)17)2-3-12-5-7-15(18)13(16)9-12/h4-9,17-18H,2-3H2,1H3. The molecule has 0 aromatic heterocycles. The number of phenolic OH excluding ortho intramolecular Hbond substituents is 2. The van der Waals surface area contributed by atoms with Gasteiger partial charge in [0.25, 0.3) is 0 Å². The van der Waals surface area contributed by atoms with Gasteiger partial charge in [-0.05, 0) is 77.2 Å². The van der Waals surface area contributed by atoms with Crippen LogP contribution in [0.2, 0.25) is 0 Å². The molecule has 0 saturated heterocycles. The molecule has 94 valence electrons. The summed E-state index contributed by atoms with van der Waals surface area (Å²) in [5.74, 6) is 0.678. The Labute approximate surface area is 120 Å². The second-order valence-electron chi connectivity index (χ2n) is 4.41. The average molecular weight is 354 g/mol. The van der Waals surface area contributed by atoms with Crippen molar-refractivity contribution in [3.05, 3.63) is 56.7 Å². The third-order valence-electron chi connectivity index (χ3n) is 2.98. The van der Waals surface area contributed by atoms with Gasteiger partial charge in [-0.25, -0.2) is 0 Å². The molecule has 0 saturated carbocycles. The molecule has 2 N–H and O–H groups in total. The van der Waals surface area contributed by atoms with Gasteiger partial charge in [0.2, 0.25) is 0 Å². The lowest BCUT2D eigenvalue weighted by molar-refractivity contribution is 0.470. The Hall–Kier alpha value is -1.23. The smallest absolute Gasteiger partial charge is 0.128 e. The van der Waals surface area contributed by atoms with Crippen molar-refractivity contribution in [3.8, 4) is 11.5 Å². The molecule has 0 heterocycles. The summed E-state index contributed by atoms with van der Waals surface area (Å²) in [6.45, 7) is 1.91. The lowest BCUT2D eigenvalue weighted by Crippen LogP contribution is -1.92. The monoisotopic (exact) mass is 354 g/mol. The minimum Gasteiger partial charge on any atom is -0.508 e. The zero-order valence-electron chi connectivity index (χ0n) is 10.2. The quantitative estimate of drug-likeness (QED) is 0.824. The molecule has 0 aliphatic carbocycles. The van der Waals surface area contributed by atoms with E-state index in [1.54, 1.807) is 12.1 Å². The summed E-state index contributed by atoms with van der Waals surface area (Å²) in [7, 11) is 0. The van der Waals surface area contributed by atoms with E-state index >= 15 is 0 Å². The van der Waals surface area contributed by atoms with Crippen molar-refractivity contribution in [2.45, 2.75) is 19.8 Å². The minimum absolute atomic E-state index is 0.333. The maximum atomic E-state index is 9.47. The van der Waals surface area contributed by atoms with Gasteiger partial charge in [0, 0.05) is 0 Å². The molecule has 2 aromatic rings. The van der Waals surface area contributed by atoms with Crippen LogP contribution in [-0.4, -0.2) is 10.2 Å². The molecule has 0 bridgehead atoms. The topological polar surface area (TPSA) is 40.5 Å². The number of aromatic hydroxyl groups is 2. The van der Waals surface area contributed by atoms with E-state index in [2.05, 4.69) is 22.6 Å². The molecular formula is C15H15IO2. The summed E-state index contributed by atoms with van der Waals surface area (Å²) in [5, 5.41) is 18.9. The summed E-state index contributed by atoms with van der Waals surface area (Å²) in [6.07, 6.45) is 1.86. The largest absolute Gasteiger partial charge is 0.508 e. The highest BCUT2D eigenvalue weighted by Gasteiger charge is 2.02. The van der Waals surface area contributed by atoms with Crippen LogP contribution in [0.15, 0.2) is 36.4 Å². The van der Waals surface area contributed by atoms with Gasteiger partial charge in [0.1, 0.15) is 11.5 Å². The molecule has 0 fully saturated rings. The van der Waals surface area contributed by atoms with Crippen molar-refractivity contribution in [2.24, 2.45) is 0 Å². The Balaban J connectivity index is 2.06. The van der Waals surface area contributed by atoms with E-state index in [1.165, 1.54) is 11.1 Å². The predicted octanol–water partition coefficient (Wildman–Crippen LogP) is 3.80. The molecular weight excluding hydrogens is 339 g/mol. The van der Waals surface area contributed by atoms with Crippen molar-refractivity contribution in [1.29, 1.82) is 0 Å². The van der Waals surface area contributed by atoms with Crippen LogP contribution in [0.25, 0.3) is 0 Å². The van der Waals surface area contributed by atoms with E-state index in [9.17, 15) is 10.2 Å². The molecule has 0 amide bonds. The predicted molar refractivity (Wildman–Crippen MR) is 81.1 cm³/mol. The normalized spacial score (nSPS) is 10.6. The zero-order chi connectivity index (χ0) is 13.1. The maximum Gasteiger partial charge on any atom is 0.128 e. The van der Waals surface area contributed by atoms with Gasteiger partial charge in [-0.1, -0.05) is 18.2 Å². The Morgan fingerprint density at radius 3 is 2.00 bits per heavy atom. The zero-order valence-corrected chi connectivity index (χ0v) is 12.3. The highest BCUT2D eigenvalue weighted by atomic mass is 127. The minimum atomic E-state index is 0.333. The van der Waals surface area contributed by atoms with Crippen LogP contribution in [-0.2, 0) is 12.8 Å². The molecule has 0 radical (unpaired) electrons. The van der Waals surface area contributed by atoms with Gasteiger partial charge in [-0.2, -0.15) is 0 Å². The van der Waals surface area contributed by atoms with Crippen molar-refractivity contribution in [3.63, 3.8) is 0 Å². The Kier molecular flexibility index (Phi) is 4.11. The molecule has 0 aliphatic rings. The van der Waals surface area contributed by atoms with Crippen molar-refractivity contribution in [1.82, 2.24) is 0 Å². The fourth-order valence-corrected chi connectivity index (χ4v) is 2.45. The number of hydrogen-bond acceptors (Lipinski definition) is 2. The Morgan fingerprint density at radius 2 is 1.44 bits per heavy atom. The maximum absolute atomic E-state index is 9.47. The van der Waals surface area contributed by atoms with Gasteiger partial charge in [0.05, 0.1) is 3.57 Å². The third kappa shape index (κ3) is 3.16. The first-order valence-electron chi connectivity index (χ1n) is 5.82. The molecule has 2 aromatic carbocycles. The average Bonchev–Trinajstić information content (AvgIpc) is 2.35. The number of phenols is 2. The fraction of sp³-hybridized carbons (Fsp3) is 0.200. The SMILES string of the molecule is Cc1cc(CCc2ccc(O)c(I)c2)ccc1O. The first kappa shape index (κ1) is 13.2. The van der Waals surface area contributed by atoms with Gasteiger partial charge < -0.3 is 10.2 Å². The molecule has 2 rings (SSSR count).